The Morgan fingerprint density at radius 2 is 1.97 bits per heavy atom. The highest BCUT2D eigenvalue weighted by atomic mass is 16.6. The lowest BCUT2D eigenvalue weighted by atomic mass is 9.68. The van der Waals surface area contributed by atoms with Crippen molar-refractivity contribution < 1.29 is 19.1 Å². The zero-order valence-electron chi connectivity index (χ0n) is 19.2. The number of carbonyl (C=O) groups is 2. The van der Waals surface area contributed by atoms with Gasteiger partial charge in [0.15, 0.2) is 17.3 Å². The number of nitrogens with one attached hydrogen (secondary N) is 1. The number of fused-ring (bicyclic) bond motifs is 4. The van der Waals surface area contributed by atoms with E-state index >= 15 is 0 Å². The van der Waals surface area contributed by atoms with E-state index in [1.807, 2.05) is 36.4 Å². The van der Waals surface area contributed by atoms with E-state index in [1.54, 1.807) is 12.3 Å². The molecule has 2 aliphatic rings. The maximum Gasteiger partial charge on any atom is 0.308 e. The highest BCUT2D eigenvalue weighted by molar-refractivity contribution is 6.14. The number of hydrogen-bond acceptors (Lipinski definition) is 6. The molecule has 0 saturated heterocycles. The molecular weight excluding hydrogens is 416 g/mol. The van der Waals surface area contributed by atoms with Gasteiger partial charge in [-0.25, -0.2) is 0 Å². The Labute approximate surface area is 192 Å². The average molecular weight is 443 g/mol. The highest BCUT2D eigenvalue weighted by Crippen LogP contribution is 2.49. The third kappa shape index (κ3) is 3.65. The van der Waals surface area contributed by atoms with Crippen LogP contribution in [0.25, 0.3) is 16.5 Å². The summed E-state index contributed by atoms with van der Waals surface area (Å²) in [6.45, 7) is 5.63. The Bertz CT molecular complexity index is 1340. The molecule has 3 aromatic rings. The number of esters is 1. The number of pyridine rings is 1. The quantitative estimate of drug-likeness (QED) is 0.446. The van der Waals surface area contributed by atoms with Crippen LogP contribution in [0.3, 0.4) is 0 Å². The summed E-state index contributed by atoms with van der Waals surface area (Å²) >= 11 is 0. The number of Topliss-reactive ketones (excluding diaryl/α,β-unsaturated/α-hetero) is 1. The van der Waals surface area contributed by atoms with Gasteiger partial charge in [0, 0.05) is 47.3 Å². The predicted molar refractivity (Wildman–Crippen MR) is 128 cm³/mol. The third-order valence-electron chi connectivity index (χ3n) is 6.38. The van der Waals surface area contributed by atoms with Crippen LogP contribution in [0.1, 0.15) is 44.7 Å². The van der Waals surface area contributed by atoms with Crippen molar-refractivity contribution in [2.45, 2.75) is 39.7 Å². The van der Waals surface area contributed by atoms with Crippen molar-refractivity contribution in [1.29, 1.82) is 0 Å². The van der Waals surface area contributed by atoms with Crippen LogP contribution in [0, 0.1) is 5.41 Å². The summed E-state index contributed by atoms with van der Waals surface area (Å²) in [4.78, 5) is 29.6. The normalized spacial score (nSPS) is 18.9. The third-order valence-corrected chi connectivity index (χ3v) is 6.38. The van der Waals surface area contributed by atoms with Crippen LogP contribution < -0.4 is 14.8 Å². The molecule has 0 amide bonds. The number of anilines is 1. The second-order valence-electron chi connectivity index (χ2n) is 9.47. The molecule has 5 rings (SSSR count). The molecule has 2 aromatic carbocycles. The maximum atomic E-state index is 13.5. The SMILES string of the molecule is COc1cc(C2=C3C(=O)CC(C)(C)C[C@@H]3Nc3ccc4ncccc4c32)ccc1OC(C)=O. The largest absolute Gasteiger partial charge is 0.493 e. The van der Waals surface area contributed by atoms with Gasteiger partial charge in [-0.15, -0.1) is 0 Å². The molecule has 1 aliphatic heterocycles. The van der Waals surface area contributed by atoms with E-state index in [4.69, 9.17) is 9.47 Å². The molecule has 1 saturated carbocycles. The van der Waals surface area contributed by atoms with E-state index in [0.717, 1.165) is 45.3 Å². The molecule has 6 heteroatoms. The highest BCUT2D eigenvalue weighted by Gasteiger charge is 2.41. The van der Waals surface area contributed by atoms with Crippen molar-refractivity contribution >= 4 is 33.9 Å². The monoisotopic (exact) mass is 442 g/mol. The minimum Gasteiger partial charge on any atom is -0.493 e. The first-order valence-corrected chi connectivity index (χ1v) is 11.1. The van der Waals surface area contributed by atoms with Crippen LogP contribution >= 0.6 is 0 Å². The Kier molecular flexibility index (Phi) is 4.96. The molecule has 0 unspecified atom stereocenters. The minimum absolute atomic E-state index is 0.0861. The van der Waals surface area contributed by atoms with E-state index < -0.39 is 5.97 Å². The summed E-state index contributed by atoms with van der Waals surface area (Å²) in [6.07, 6.45) is 3.11. The standard InChI is InChI=1S/C27H26N2O4/c1-15(30)33-22-10-7-16(12-23(22)32-4)24-25-17-6-5-11-28-18(17)8-9-19(25)29-20-13-27(2,3)14-21(31)26(20)24/h5-12,20,29H,13-14H2,1-4H3/t20-/m0/s1. The molecule has 2 heterocycles. The number of ketones is 1. The second kappa shape index (κ2) is 7.73. The molecule has 33 heavy (non-hydrogen) atoms. The number of rotatable bonds is 3. The first kappa shape index (κ1) is 21.2. The summed E-state index contributed by atoms with van der Waals surface area (Å²) < 4.78 is 10.8. The number of carbonyl (C=O) groups excluding carboxylic acids is 2. The van der Waals surface area contributed by atoms with Crippen molar-refractivity contribution in [3.8, 4) is 11.5 Å². The van der Waals surface area contributed by atoms with Crippen molar-refractivity contribution in [2.24, 2.45) is 5.41 Å². The van der Waals surface area contributed by atoms with E-state index in [0.29, 0.717) is 17.9 Å². The van der Waals surface area contributed by atoms with Crippen molar-refractivity contribution in [3.05, 3.63) is 65.4 Å². The predicted octanol–water partition coefficient (Wildman–Crippen LogP) is 5.15. The van der Waals surface area contributed by atoms with Crippen molar-refractivity contribution in [1.82, 2.24) is 4.98 Å². The van der Waals surface area contributed by atoms with Crippen LogP contribution in [0.15, 0.2) is 54.2 Å². The lowest BCUT2D eigenvalue weighted by molar-refractivity contribution is -0.132. The van der Waals surface area contributed by atoms with E-state index in [-0.39, 0.29) is 17.2 Å². The fourth-order valence-corrected chi connectivity index (χ4v) is 5.11. The molecule has 0 radical (unpaired) electrons. The Morgan fingerprint density at radius 1 is 1.15 bits per heavy atom. The summed E-state index contributed by atoms with van der Waals surface area (Å²) in [5.74, 6) is 0.514. The van der Waals surface area contributed by atoms with Gasteiger partial charge in [-0.3, -0.25) is 14.6 Å². The van der Waals surface area contributed by atoms with Crippen LogP contribution in [0.2, 0.25) is 0 Å². The Morgan fingerprint density at radius 3 is 2.73 bits per heavy atom. The topological polar surface area (TPSA) is 77.5 Å². The lowest BCUT2D eigenvalue weighted by Gasteiger charge is -2.41. The summed E-state index contributed by atoms with van der Waals surface area (Å²) in [5, 5.41) is 4.61. The Balaban J connectivity index is 1.80. The van der Waals surface area contributed by atoms with Gasteiger partial charge in [0.05, 0.1) is 18.7 Å². The van der Waals surface area contributed by atoms with E-state index in [9.17, 15) is 9.59 Å². The average Bonchev–Trinajstić information content (AvgIpc) is 2.76. The molecule has 1 N–H and O–H groups in total. The molecule has 168 valence electrons. The van der Waals surface area contributed by atoms with Crippen LogP contribution in [0.5, 0.6) is 11.5 Å². The second-order valence-corrected chi connectivity index (χ2v) is 9.47. The first-order chi connectivity index (χ1) is 15.8. The zero-order chi connectivity index (χ0) is 23.3. The zero-order valence-corrected chi connectivity index (χ0v) is 19.2. The number of aromatic nitrogens is 1. The van der Waals surface area contributed by atoms with E-state index in [2.05, 4.69) is 24.1 Å². The molecular formula is C27H26N2O4. The van der Waals surface area contributed by atoms with Gasteiger partial charge in [-0.2, -0.15) is 0 Å². The first-order valence-electron chi connectivity index (χ1n) is 11.1. The number of methoxy groups -OCH3 is 1. The van der Waals surface area contributed by atoms with Gasteiger partial charge in [0.1, 0.15) is 0 Å². The summed E-state index contributed by atoms with van der Waals surface area (Å²) in [7, 11) is 1.54. The number of nitrogens with zero attached hydrogens (tertiary/aromatic N) is 1. The summed E-state index contributed by atoms with van der Waals surface area (Å²) in [5.41, 5.74) is 5.24. The minimum atomic E-state index is -0.419. The molecule has 6 nitrogen and oxygen atoms in total. The Hall–Kier alpha value is -3.67. The fraction of sp³-hybridized carbons (Fsp3) is 0.296. The number of ether oxygens (including phenoxy) is 2. The van der Waals surface area contributed by atoms with Gasteiger partial charge < -0.3 is 14.8 Å². The van der Waals surface area contributed by atoms with E-state index in [1.165, 1.54) is 14.0 Å². The van der Waals surface area contributed by atoms with Crippen LogP contribution in [-0.4, -0.2) is 29.9 Å². The number of benzene rings is 2. The van der Waals surface area contributed by atoms with Gasteiger partial charge in [0.25, 0.3) is 0 Å². The molecule has 0 bridgehead atoms. The van der Waals surface area contributed by atoms with Crippen LogP contribution in [-0.2, 0) is 9.59 Å². The number of hydrogen-bond donors (Lipinski definition) is 1. The van der Waals surface area contributed by atoms with Crippen molar-refractivity contribution in [2.75, 3.05) is 12.4 Å². The molecule has 1 aliphatic carbocycles. The molecule has 1 fully saturated rings. The van der Waals surface area contributed by atoms with Gasteiger partial charge in [-0.1, -0.05) is 26.0 Å². The molecule has 0 spiro atoms. The van der Waals surface area contributed by atoms with Crippen molar-refractivity contribution in [3.63, 3.8) is 0 Å². The van der Waals surface area contributed by atoms with Gasteiger partial charge in [0.2, 0.25) is 0 Å². The van der Waals surface area contributed by atoms with Crippen LogP contribution in [0.4, 0.5) is 5.69 Å². The smallest absolute Gasteiger partial charge is 0.308 e. The maximum absolute atomic E-state index is 13.5. The lowest BCUT2D eigenvalue weighted by Crippen LogP contribution is -2.41. The fourth-order valence-electron chi connectivity index (χ4n) is 5.11. The van der Waals surface area contributed by atoms with Gasteiger partial charge >= 0.3 is 5.97 Å². The molecule has 1 aromatic heterocycles. The summed E-state index contributed by atoms with van der Waals surface area (Å²) in [6, 6.07) is 13.4. The molecule has 1 atom stereocenters. The van der Waals surface area contributed by atoms with Gasteiger partial charge in [-0.05, 0) is 47.7 Å².